The van der Waals surface area contributed by atoms with Crippen molar-refractivity contribution in [2.45, 2.75) is 57.4 Å². The van der Waals surface area contributed by atoms with Gasteiger partial charge in [-0.25, -0.2) is 19.1 Å². The van der Waals surface area contributed by atoms with E-state index in [1.807, 2.05) is 10.6 Å². The molecule has 3 heterocycles. The number of carbonyl (C=O) groups is 2. The summed E-state index contributed by atoms with van der Waals surface area (Å²) in [6.07, 6.45) is -11.6. The van der Waals surface area contributed by atoms with Crippen LogP contribution < -0.4 is 10.6 Å². The Morgan fingerprint density at radius 3 is 2.49 bits per heavy atom. The highest BCUT2D eigenvalue weighted by atomic mass is 35.5. The second-order valence-electron chi connectivity index (χ2n) is 9.11. The highest BCUT2D eigenvalue weighted by Gasteiger charge is 2.49. The van der Waals surface area contributed by atoms with Crippen molar-refractivity contribution in [2.24, 2.45) is 5.41 Å². The van der Waals surface area contributed by atoms with Gasteiger partial charge in [0.2, 0.25) is 0 Å². The summed E-state index contributed by atoms with van der Waals surface area (Å²) in [5.41, 5.74) is -2.02. The summed E-state index contributed by atoms with van der Waals surface area (Å²) in [7, 11) is 1.19. The fourth-order valence-electron chi connectivity index (χ4n) is 3.77. The average Bonchev–Trinajstić information content (AvgIpc) is 3.33. The van der Waals surface area contributed by atoms with Gasteiger partial charge in [0.1, 0.15) is 12.3 Å². The molecule has 37 heavy (non-hydrogen) atoms. The Kier molecular flexibility index (Phi) is 7.75. The Morgan fingerprint density at radius 2 is 1.97 bits per heavy atom. The molecule has 1 aliphatic rings. The van der Waals surface area contributed by atoms with E-state index in [1.54, 1.807) is 0 Å². The highest BCUT2D eigenvalue weighted by molar-refractivity contribution is 6.30. The topological polar surface area (TPSA) is 121 Å². The second kappa shape index (κ2) is 10.0. The minimum absolute atomic E-state index is 0.0596. The first-order valence-corrected chi connectivity index (χ1v) is 11.1. The van der Waals surface area contributed by atoms with E-state index in [2.05, 4.69) is 10.1 Å². The number of nitrogens with zero attached hydrogens (tertiary/aromatic N) is 4. The Balaban J connectivity index is 1.89. The van der Waals surface area contributed by atoms with Crippen molar-refractivity contribution in [3.8, 4) is 0 Å². The SMILES string of the molecule is COC(Cc1cc2nc(C(CC(C)(C)C(F)(F)F)NC(=O)O)cn2nc1Cl)N1C[C@@H](C(F)(F)F)NC1=O. The molecule has 1 aliphatic heterocycles. The smallest absolute Gasteiger partial charge is 0.410 e. The normalized spacial score (nSPS) is 18.7. The molecule has 3 rings (SSSR count). The molecule has 3 atom stereocenters. The predicted molar refractivity (Wildman–Crippen MR) is 116 cm³/mol. The van der Waals surface area contributed by atoms with Crippen LogP contribution in [-0.2, 0) is 11.2 Å². The van der Waals surface area contributed by atoms with Crippen LogP contribution in [0, 0.1) is 5.41 Å². The van der Waals surface area contributed by atoms with E-state index in [-0.39, 0.29) is 28.5 Å². The molecule has 1 saturated heterocycles. The van der Waals surface area contributed by atoms with Crippen molar-refractivity contribution < 1.29 is 45.8 Å². The van der Waals surface area contributed by atoms with E-state index in [0.717, 1.165) is 23.3 Å². The lowest BCUT2D eigenvalue weighted by molar-refractivity contribution is -0.215. The minimum Gasteiger partial charge on any atom is -0.465 e. The molecule has 0 aliphatic carbocycles. The van der Waals surface area contributed by atoms with Crippen LogP contribution >= 0.6 is 11.6 Å². The van der Waals surface area contributed by atoms with Crippen molar-refractivity contribution in [3.05, 3.63) is 28.7 Å². The zero-order valence-corrected chi connectivity index (χ0v) is 20.4. The number of nitrogens with one attached hydrogen (secondary N) is 2. The Bertz CT molecular complexity index is 1170. The molecule has 2 aromatic rings. The molecule has 0 spiro atoms. The van der Waals surface area contributed by atoms with Gasteiger partial charge in [-0.1, -0.05) is 25.4 Å². The molecule has 2 aromatic heterocycles. The molecular weight excluding hydrogens is 538 g/mol. The first kappa shape index (κ1) is 28.6. The third kappa shape index (κ3) is 6.29. The zero-order chi connectivity index (χ0) is 27.9. The number of aromatic nitrogens is 3. The van der Waals surface area contributed by atoms with Crippen LogP contribution in [-0.4, -0.2) is 75.0 Å². The molecular formula is C20H23ClF6N6O4. The number of fused-ring (bicyclic) bond motifs is 1. The van der Waals surface area contributed by atoms with Crippen LogP contribution in [0.15, 0.2) is 12.3 Å². The summed E-state index contributed by atoms with van der Waals surface area (Å²) in [5.74, 6) is 0. The van der Waals surface area contributed by atoms with Crippen LogP contribution in [0.4, 0.5) is 35.9 Å². The number of hydrogen-bond donors (Lipinski definition) is 3. The Labute approximate surface area is 210 Å². The number of hydrogen-bond acceptors (Lipinski definition) is 5. The van der Waals surface area contributed by atoms with E-state index in [4.69, 9.17) is 21.4 Å². The molecule has 2 unspecified atom stereocenters. The van der Waals surface area contributed by atoms with E-state index in [1.165, 1.54) is 19.4 Å². The first-order chi connectivity index (χ1) is 16.9. The summed E-state index contributed by atoms with van der Waals surface area (Å²) in [6.45, 7) is 1.16. The number of urea groups is 1. The van der Waals surface area contributed by atoms with Gasteiger partial charge in [0.15, 0.2) is 10.8 Å². The van der Waals surface area contributed by atoms with Crippen molar-refractivity contribution in [2.75, 3.05) is 13.7 Å². The Morgan fingerprint density at radius 1 is 1.32 bits per heavy atom. The minimum atomic E-state index is -4.66. The molecule has 3 N–H and O–H groups in total. The van der Waals surface area contributed by atoms with E-state index in [9.17, 15) is 35.9 Å². The largest absolute Gasteiger partial charge is 0.465 e. The Hall–Kier alpha value is -3.01. The van der Waals surface area contributed by atoms with E-state index >= 15 is 0 Å². The van der Waals surface area contributed by atoms with Crippen LogP contribution in [0.2, 0.25) is 5.15 Å². The van der Waals surface area contributed by atoms with Crippen molar-refractivity contribution in [1.29, 1.82) is 0 Å². The van der Waals surface area contributed by atoms with Crippen LogP contribution in [0.3, 0.4) is 0 Å². The quantitative estimate of drug-likeness (QED) is 0.417. The lowest BCUT2D eigenvalue weighted by Crippen LogP contribution is -2.41. The number of carboxylic acid groups (broad SMARTS) is 1. The maximum Gasteiger partial charge on any atom is 0.410 e. The number of halogens is 7. The maximum absolute atomic E-state index is 13.4. The summed E-state index contributed by atoms with van der Waals surface area (Å²) in [5, 5.41) is 16.9. The molecule has 1 fully saturated rings. The molecule has 0 saturated carbocycles. The predicted octanol–water partition coefficient (Wildman–Crippen LogP) is 4.14. The average molecular weight is 561 g/mol. The number of ether oxygens (including phenoxy) is 1. The van der Waals surface area contributed by atoms with Gasteiger partial charge in [-0.3, -0.25) is 4.90 Å². The number of methoxy groups -OCH3 is 1. The summed E-state index contributed by atoms with van der Waals surface area (Å²) in [6, 6.07) is -3.05. The van der Waals surface area contributed by atoms with Gasteiger partial charge in [0.05, 0.1) is 29.9 Å². The van der Waals surface area contributed by atoms with Gasteiger partial charge in [-0.05, 0) is 18.1 Å². The molecule has 0 aromatic carbocycles. The summed E-state index contributed by atoms with van der Waals surface area (Å²) < 4.78 is 85.7. The number of imidazole rings is 1. The molecule has 0 radical (unpaired) electrons. The van der Waals surface area contributed by atoms with Crippen LogP contribution in [0.25, 0.3) is 5.65 Å². The van der Waals surface area contributed by atoms with Gasteiger partial charge >= 0.3 is 24.5 Å². The fraction of sp³-hybridized carbons (Fsp3) is 0.600. The maximum atomic E-state index is 13.4. The lowest BCUT2D eigenvalue weighted by Gasteiger charge is -2.31. The molecule has 17 heteroatoms. The van der Waals surface area contributed by atoms with Crippen LogP contribution in [0.1, 0.15) is 37.6 Å². The first-order valence-electron chi connectivity index (χ1n) is 10.7. The third-order valence-corrected chi connectivity index (χ3v) is 6.30. The molecule has 10 nitrogen and oxygen atoms in total. The summed E-state index contributed by atoms with van der Waals surface area (Å²) >= 11 is 6.22. The second-order valence-corrected chi connectivity index (χ2v) is 9.47. The van der Waals surface area contributed by atoms with Gasteiger partial charge < -0.3 is 20.5 Å². The van der Waals surface area contributed by atoms with Crippen LogP contribution in [0.5, 0.6) is 0 Å². The zero-order valence-electron chi connectivity index (χ0n) is 19.6. The number of alkyl halides is 6. The summed E-state index contributed by atoms with van der Waals surface area (Å²) in [4.78, 5) is 28.4. The van der Waals surface area contributed by atoms with Gasteiger partial charge in [0.25, 0.3) is 0 Å². The van der Waals surface area contributed by atoms with Gasteiger partial charge in [-0.2, -0.15) is 31.4 Å². The number of carbonyl (C=O) groups excluding carboxylic acids is 1. The van der Waals surface area contributed by atoms with E-state index < -0.39 is 61.2 Å². The molecule has 0 bridgehead atoms. The standard InChI is InChI=1S/C20H23ClF6N6O4/c1-18(2,20(25,26)27)6-10(29-17(35)36)11-7-33-13(28-11)4-9(15(21)31-33)5-14(37-3)32-8-12(19(22,23)24)30-16(32)34/h4,7,10,12,14,29H,5-6,8H2,1-3H3,(H,30,34)(H,35,36)/t10?,12-,14?/m0/s1. The number of rotatable bonds is 8. The fourth-order valence-corrected chi connectivity index (χ4v) is 3.99. The van der Waals surface area contributed by atoms with Crippen molar-refractivity contribution >= 4 is 29.4 Å². The van der Waals surface area contributed by atoms with E-state index in [0.29, 0.717) is 0 Å². The van der Waals surface area contributed by atoms with Gasteiger partial charge in [-0.15, -0.1) is 0 Å². The van der Waals surface area contributed by atoms with Crippen molar-refractivity contribution in [1.82, 2.24) is 30.1 Å². The molecule has 3 amide bonds. The monoisotopic (exact) mass is 560 g/mol. The number of amides is 3. The molecule has 206 valence electrons. The third-order valence-electron chi connectivity index (χ3n) is 5.98. The van der Waals surface area contributed by atoms with Gasteiger partial charge in [0, 0.05) is 13.5 Å². The lowest BCUT2D eigenvalue weighted by atomic mass is 9.84. The van der Waals surface area contributed by atoms with Crippen molar-refractivity contribution in [3.63, 3.8) is 0 Å². The highest BCUT2D eigenvalue weighted by Crippen LogP contribution is 2.43.